The van der Waals surface area contributed by atoms with Gasteiger partial charge in [0.1, 0.15) is 0 Å². The number of anilines is 2. The van der Waals surface area contributed by atoms with Gasteiger partial charge in [0.25, 0.3) is 0 Å². The highest BCUT2D eigenvalue weighted by molar-refractivity contribution is 5.61. The fourth-order valence-corrected chi connectivity index (χ4v) is 1.26. The first kappa shape index (κ1) is 9.84. The largest absolute Gasteiger partial charge is 0.399 e. The van der Waals surface area contributed by atoms with Gasteiger partial charge in [0.15, 0.2) is 0 Å². The monoisotopic (exact) mass is 182 g/mol. The Labute approximate surface area is 78.1 Å². The Morgan fingerprint density at radius 3 is 2.46 bits per heavy atom. The lowest BCUT2D eigenvalue weighted by Crippen LogP contribution is -2.12. The number of nitrogens with zero attached hydrogens (tertiary/aromatic N) is 1. The van der Waals surface area contributed by atoms with Crippen molar-refractivity contribution in [3.8, 4) is 0 Å². The van der Waals surface area contributed by atoms with Crippen molar-refractivity contribution in [2.24, 2.45) is 0 Å². The van der Waals surface area contributed by atoms with Gasteiger partial charge in [-0.05, 0) is 44.0 Å². The molecule has 1 aromatic carbocycles. The Morgan fingerprint density at radius 1 is 1.31 bits per heavy atom. The van der Waals surface area contributed by atoms with Crippen molar-refractivity contribution >= 4 is 11.4 Å². The summed E-state index contributed by atoms with van der Waals surface area (Å²) in [6.45, 7) is 5.85. The summed E-state index contributed by atoms with van der Waals surface area (Å²) in [7, 11) is 0. The molecule has 13 heavy (non-hydrogen) atoms. The standard InChI is InChI=1S/C10H15FN2/c1-4-13(11)10-6-7(2)9(12)5-8(10)3/h5-6H,4,12H2,1-3H3. The van der Waals surface area contributed by atoms with Crippen LogP contribution in [0.4, 0.5) is 15.9 Å². The highest BCUT2D eigenvalue weighted by Crippen LogP contribution is 2.25. The molecule has 1 rings (SSSR count). The molecule has 0 saturated heterocycles. The van der Waals surface area contributed by atoms with Gasteiger partial charge in [-0.3, -0.25) is 0 Å². The van der Waals surface area contributed by atoms with Crippen LogP contribution in [0.1, 0.15) is 18.1 Å². The average Bonchev–Trinajstić information content (AvgIpc) is 2.10. The summed E-state index contributed by atoms with van der Waals surface area (Å²) in [5.41, 5.74) is 8.79. The fraction of sp³-hybridized carbons (Fsp3) is 0.400. The van der Waals surface area contributed by atoms with E-state index in [4.69, 9.17) is 5.73 Å². The summed E-state index contributed by atoms with van der Waals surface area (Å²) < 4.78 is 13.2. The molecule has 0 atom stereocenters. The molecule has 1 aromatic rings. The molecule has 0 saturated carbocycles. The Bertz CT molecular complexity index is 310. The Hall–Kier alpha value is -1.25. The van der Waals surface area contributed by atoms with Crippen LogP contribution in [0.15, 0.2) is 12.1 Å². The summed E-state index contributed by atoms with van der Waals surface area (Å²) in [5, 5.41) is 0.724. The first-order valence-electron chi connectivity index (χ1n) is 4.36. The molecule has 0 spiro atoms. The van der Waals surface area contributed by atoms with Crippen LogP contribution in [0.25, 0.3) is 0 Å². The van der Waals surface area contributed by atoms with Crippen LogP contribution in [0.2, 0.25) is 0 Å². The fourth-order valence-electron chi connectivity index (χ4n) is 1.26. The molecule has 0 amide bonds. The normalized spacial score (nSPS) is 10.2. The van der Waals surface area contributed by atoms with E-state index < -0.39 is 0 Å². The lowest BCUT2D eigenvalue weighted by Gasteiger charge is -2.15. The second kappa shape index (κ2) is 3.64. The number of hydrogen-bond acceptors (Lipinski definition) is 2. The third-order valence-electron chi connectivity index (χ3n) is 2.12. The van der Waals surface area contributed by atoms with Crippen LogP contribution in [-0.2, 0) is 0 Å². The lowest BCUT2D eigenvalue weighted by atomic mass is 10.1. The van der Waals surface area contributed by atoms with E-state index in [-0.39, 0.29) is 0 Å². The molecule has 3 heteroatoms. The van der Waals surface area contributed by atoms with Crippen LogP contribution in [0.3, 0.4) is 0 Å². The van der Waals surface area contributed by atoms with Gasteiger partial charge >= 0.3 is 0 Å². The maximum absolute atomic E-state index is 13.2. The summed E-state index contributed by atoms with van der Waals surface area (Å²) in [4.78, 5) is 0. The molecular formula is C10H15FN2. The predicted molar refractivity (Wildman–Crippen MR) is 54.5 cm³/mol. The molecule has 0 fully saturated rings. The quantitative estimate of drug-likeness (QED) is 0.562. The Morgan fingerprint density at radius 2 is 1.92 bits per heavy atom. The zero-order chi connectivity index (χ0) is 10.0. The average molecular weight is 182 g/mol. The first-order valence-corrected chi connectivity index (χ1v) is 4.36. The summed E-state index contributed by atoms with van der Waals surface area (Å²) >= 11 is 0. The zero-order valence-electron chi connectivity index (χ0n) is 8.26. The number of rotatable bonds is 2. The van der Waals surface area contributed by atoms with Gasteiger partial charge < -0.3 is 5.73 Å². The highest BCUT2D eigenvalue weighted by atomic mass is 19.2. The Balaban J connectivity index is 3.15. The van der Waals surface area contributed by atoms with Gasteiger partial charge in [-0.25, -0.2) is 5.12 Å². The van der Waals surface area contributed by atoms with Gasteiger partial charge in [-0.1, -0.05) is 4.48 Å². The highest BCUT2D eigenvalue weighted by Gasteiger charge is 2.07. The minimum atomic E-state index is 0.351. The van der Waals surface area contributed by atoms with Crippen molar-refractivity contribution in [2.75, 3.05) is 17.4 Å². The van der Waals surface area contributed by atoms with Crippen LogP contribution in [0, 0.1) is 13.8 Å². The number of halogens is 1. The smallest absolute Gasteiger partial charge is 0.0720 e. The van der Waals surface area contributed by atoms with Crippen molar-refractivity contribution in [1.29, 1.82) is 0 Å². The minimum Gasteiger partial charge on any atom is -0.399 e. The predicted octanol–water partition coefficient (Wildman–Crippen LogP) is 2.60. The van der Waals surface area contributed by atoms with Crippen LogP contribution in [-0.4, -0.2) is 6.54 Å². The third-order valence-corrected chi connectivity index (χ3v) is 2.12. The van der Waals surface area contributed by atoms with E-state index in [2.05, 4.69) is 0 Å². The molecule has 0 aliphatic carbocycles. The second-order valence-corrected chi connectivity index (χ2v) is 3.17. The zero-order valence-corrected chi connectivity index (χ0v) is 8.26. The molecular weight excluding hydrogens is 167 g/mol. The number of nitrogens with two attached hydrogens (primary N) is 1. The van der Waals surface area contributed by atoms with Gasteiger partial charge in [0.05, 0.1) is 5.69 Å². The first-order chi connectivity index (χ1) is 6.06. The molecule has 0 radical (unpaired) electrons. The van der Waals surface area contributed by atoms with Gasteiger partial charge in [0.2, 0.25) is 0 Å². The summed E-state index contributed by atoms with van der Waals surface area (Å²) in [6.07, 6.45) is 0. The van der Waals surface area contributed by atoms with E-state index in [1.807, 2.05) is 13.8 Å². The summed E-state index contributed by atoms with van der Waals surface area (Å²) in [6, 6.07) is 3.57. The molecule has 2 nitrogen and oxygen atoms in total. The van der Waals surface area contributed by atoms with Gasteiger partial charge in [-0.15, -0.1) is 0 Å². The Kier molecular flexibility index (Phi) is 2.76. The van der Waals surface area contributed by atoms with Crippen molar-refractivity contribution in [3.05, 3.63) is 23.3 Å². The molecule has 0 bridgehead atoms. The maximum atomic E-state index is 13.2. The summed E-state index contributed by atoms with van der Waals surface area (Å²) in [5.74, 6) is 0. The molecule has 0 heterocycles. The van der Waals surface area contributed by atoms with Crippen LogP contribution < -0.4 is 10.9 Å². The van der Waals surface area contributed by atoms with E-state index >= 15 is 0 Å². The number of benzene rings is 1. The second-order valence-electron chi connectivity index (χ2n) is 3.17. The topological polar surface area (TPSA) is 29.3 Å². The lowest BCUT2D eigenvalue weighted by molar-refractivity contribution is 0.443. The van der Waals surface area contributed by atoms with E-state index in [1.54, 1.807) is 19.1 Å². The van der Waals surface area contributed by atoms with Crippen molar-refractivity contribution in [3.63, 3.8) is 0 Å². The minimum absolute atomic E-state index is 0.351. The van der Waals surface area contributed by atoms with Crippen LogP contribution in [0.5, 0.6) is 0 Å². The van der Waals surface area contributed by atoms with E-state index in [1.165, 1.54) is 0 Å². The molecule has 0 aliphatic heterocycles. The molecule has 0 aliphatic rings. The van der Waals surface area contributed by atoms with E-state index in [9.17, 15) is 4.48 Å². The molecule has 0 aromatic heterocycles. The molecule has 72 valence electrons. The van der Waals surface area contributed by atoms with Crippen LogP contribution >= 0.6 is 0 Å². The third kappa shape index (κ3) is 1.91. The number of aryl methyl sites for hydroxylation is 2. The SMILES string of the molecule is CCN(F)c1cc(C)c(N)cc1C. The molecule has 0 unspecified atom stereocenters. The number of hydrogen-bond donors (Lipinski definition) is 1. The van der Waals surface area contributed by atoms with Crippen molar-refractivity contribution in [2.45, 2.75) is 20.8 Å². The molecule has 2 N–H and O–H groups in total. The van der Waals surface area contributed by atoms with Gasteiger partial charge in [0, 0.05) is 12.2 Å². The van der Waals surface area contributed by atoms with Crippen molar-refractivity contribution in [1.82, 2.24) is 0 Å². The van der Waals surface area contributed by atoms with Crippen molar-refractivity contribution < 1.29 is 4.48 Å². The maximum Gasteiger partial charge on any atom is 0.0720 e. The number of nitrogen functional groups attached to an aromatic ring is 1. The van der Waals surface area contributed by atoms with E-state index in [0.29, 0.717) is 17.9 Å². The van der Waals surface area contributed by atoms with Gasteiger partial charge in [-0.2, -0.15) is 0 Å². The van der Waals surface area contributed by atoms with E-state index in [0.717, 1.165) is 16.2 Å².